The van der Waals surface area contributed by atoms with E-state index in [0.29, 0.717) is 22.8 Å². The SMILES string of the molecule is Cc1ccc(C2CC(=C3C(=O)ONN3c3ccc(Cl)cc3)N=N2)cc1. The molecule has 2 aromatic carbocycles. The lowest BCUT2D eigenvalue weighted by Gasteiger charge is -2.16. The fourth-order valence-corrected chi connectivity index (χ4v) is 2.94. The van der Waals surface area contributed by atoms with Gasteiger partial charge in [0.1, 0.15) is 6.04 Å². The van der Waals surface area contributed by atoms with Crippen molar-refractivity contribution in [1.82, 2.24) is 5.59 Å². The number of hydrazine groups is 1. The van der Waals surface area contributed by atoms with Gasteiger partial charge in [-0.15, -0.1) is 0 Å². The number of carbonyl (C=O) groups is 1. The molecule has 0 aromatic heterocycles. The van der Waals surface area contributed by atoms with Crippen LogP contribution in [-0.2, 0) is 9.63 Å². The molecule has 2 aliphatic heterocycles. The standard InChI is InChI=1S/C18H15ClN4O2/c1-11-2-4-12(5-3-11)15-10-16(21-20-15)17-18(24)25-22-23(17)14-8-6-13(19)7-9-14/h2-9,15,22H,10H2,1H3. The average Bonchev–Trinajstić information content (AvgIpc) is 3.23. The summed E-state index contributed by atoms with van der Waals surface area (Å²) in [7, 11) is 0. The van der Waals surface area contributed by atoms with E-state index in [1.54, 1.807) is 29.3 Å². The molecule has 0 radical (unpaired) electrons. The molecule has 0 aliphatic carbocycles. The molecule has 2 aliphatic rings. The molecule has 2 aromatic rings. The van der Waals surface area contributed by atoms with Gasteiger partial charge in [-0.25, -0.2) is 9.80 Å². The number of hydrogen-bond acceptors (Lipinski definition) is 6. The summed E-state index contributed by atoms with van der Waals surface area (Å²) in [5, 5.41) is 10.7. The third-order valence-electron chi connectivity index (χ3n) is 4.17. The molecular formula is C18H15ClN4O2. The van der Waals surface area contributed by atoms with Crippen LogP contribution in [0.15, 0.2) is 70.2 Å². The Balaban J connectivity index is 1.64. The van der Waals surface area contributed by atoms with Gasteiger partial charge in [0.2, 0.25) is 0 Å². The average molecular weight is 355 g/mol. The Morgan fingerprint density at radius 2 is 1.88 bits per heavy atom. The normalized spacial score (nSPS) is 22.6. The zero-order valence-electron chi connectivity index (χ0n) is 13.4. The number of nitrogens with zero attached hydrogens (tertiary/aromatic N) is 3. The summed E-state index contributed by atoms with van der Waals surface area (Å²) in [6.45, 7) is 2.04. The first kappa shape index (κ1) is 15.8. The van der Waals surface area contributed by atoms with E-state index in [1.165, 1.54) is 5.56 Å². The van der Waals surface area contributed by atoms with Crippen molar-refractivity contribution in [2.45, 2.75) is 19.4 Å². The smallest absolute Gasteiger partial charge is 0.345 e. The Labute approximate surface area is 149 Å². The molecule has 6 nitrogen and oxygen atoms in total. The maximum absolute atomic E-state index is 12.2. The van der Waals surface area contributed by atoms with Gasteiger partial charge >= 0.3 is 5.97 Å². The molecule has 25 heavy (non-hydrogen) atoms. The highest BCUT2D eigenvalue weighted by Crippen LogP contribution is 2.37. The minimum absolute atomic E-state index is 0.0939. The van der Waals surface area contributed by atoms with Crippen LogP contribution >= 0.6 is 11.6 Å². The molecule has 1 unspecified atom stereocenters. The second-order valence-electron chi connectivity index (χ2n) is 5.93. The van der Waals surface area contributed by atoms with Gasteiger partial charge in [-0.1, -0.05) is 47.0 Å². The summed E-state index contributed by atoms with van der Waals surface area (Å²) in [5.74, 6) is -0.478. The van der Waals surface area contributed by atoms with Crippen molar-refractivity contribution >= 4 is 23.3 Å². The topological polar surface area (TPSA) is 66.3 Å². The monoisotopic (exact) mass is 354 g/mol. The Kier molecular flexibility index (Phi) is 3.99. The lowest BCUT2D eigenvalue weighted by molar-refractivity contribution is -0.140. The van der Waals surface area contributed by atoms with Gasteiger partial charge in [-0.3, -0.25) is 0 Å². The van der Waals surface area contributed by atoms with Gasteiger partial charge in [-0.2, -0.15) is 10.2 Å². The van der Waals surface area contributed by atoms with Crippen molar-refractivity contribution in [2.24, 2.45) is 10.2 Å². The fraction of sp³-hybridized carbons (Fsp3) is 0.167. The number of halogens is 1. The minimum atomic E-state index is -0.478. The molecule has 1 N–H and O–H groups in total. The molecule has 126 valence electrons. The molecule has 0 bridgehead atoms. The van der Waals surface area contributed by atoms with Crippen LogP contribution < -0.4 is 10.6 Å². The number of anilines is 1. The van der Waals surface area contributed by atoms with Crippen LogP contribution in [0.3, 0.4) is 0 Å². The summed E-state index contributed by atoms with van der Waals surface area (Å²) in [6, 6.07) is 15.1. The number of aryl methyl sites for hydroxylation is 1. The maximum Gasteiger partial charge on any atom is 0.378 e. The third-order valence-corrected chi connectivity index (χ3v) is 4.42. The number of hydrogen-bond donors (Lipinski definition) is 1. The first-order chi connectivity index (χ1) is 12.1. The third kappa shape index (κ3) is 3.01. The van der Waals surface area contributed by atoms with Crippen LogP contribution in [0.4, 0.5) is 5.69 Å². The van der Waals surface area contributed by atoms with Crippen molar-refractivity contribution < 1.29 is 9.63 Å². The largest absolute Gasteiger partial charge is 0.378 e. The highest BCUT2D eigenvalue weighted by Gasteiger charge is 2.35. The van der Waals surface area contributed by atoms with Gasteiger partial charge in [-0.05, 0) is 36.8 Å². The van der Waals surface area contributed by atoms with Gasteiger partial charge < -0.3 is 4.84 Å². The minimum Gasteiger partial charge on any atom is -0.345 e. The Bertz CT molecular complexity index is 875. The van der Waals surface area contributed by atoms with Gasteiger partial charge in [0.05, 0.1) is 11.4 Å². The van der Waals surface area contributed by atoms with Crippen LogP contribution in [0.1, 0.15) is 23.6 Å². The molecule has 4 rings (SSSR count). The predicted octanol–water partition coefficient (Wildman–Crippen LogP) is 4.24. The van der Waals surface area contributed by atoms with Crippen molar-refractivity contribution in [1.29, 1.82) is 0 Å². The van der Waals surface area contributed by atoms with Crippen LogP contribution in [0.2, 0.25) is 5.02 Å². The highest BCUT2D eigenvalue weighted by atomic mass is 35.5. The lowest BCUT2D eigenvalue weighted by Crippen LogP contribution is -2.29. The first-order valence-corrected chi connectivity index (χ1v) is 8.23. The van der Waals surface area contributed by atoms with E-state index in [9.17, 15) is 4.79 Å². The Morgan fingerprint density at radius 1 is 1.16 bits per heavy atom. The highest BCUT2D eigenvalue weighted by molar-refractivity contribution is 6.30. The van der Waals surface area contributed by atoms with E-state index in [1.807, 2.05) is 31.2 Å². The summed E-state index contributed by atoms with van der Waals surface area (Å²) in [4.78, 5) is 17.2. The number of carbonyl (C=O) groups excluding carboxylic acids is 1. The molecule has 0 spiro atoms. The fourth-order valence-electron chi connectivity index (χ4n) is 2.81. The van der Waals surface area contributed by atoms with Crippen LogP contribution in [0, 0.1) is 6.92 Å². The van der Waals surface area contributed by atoms with Gasteiger partial charge in [0.15, 0.2) is 5.70 Å². The molecule has 0 saturated carbocycles. The zero-order chi connectivity index (χ0) is 17.4. The van der Waals surface area contributed by atoms with E-state index in [2.05, 4.69) is 15.8 Å². The van der Waals surface area contributed by atoms with E-state index < -0.39 is 5.97 Å². The van der Waals surface area contributed by atoms with E-state index in [-0.39, 0.29) is 6.04 Å². The predicted molar refractivity (Wildman–Crippen MR) is 93.6 cm³/mol. The van der Waals surface area contributed by atoms with Crippen molar-refractivity contribution in [2.75, 3.05) is 5.01 Å². The molecule has 1 fully saturated rings. The summed E-state index contributed by atoms with van der Waals surface area (Å²) in [6.07, 6.45) is 0.541. The van der Waals surface area contributed by atoms with Crippen molar-refractivity contribution in [3.05, 3.63) is 76.1 Å². The summed E-state index contributed by atoms with van der Waals surface area (Å²) < 4.78 is 0. The Hall–Kier alpha value is -2.70. The quantitative estimate of drug-likeness (QED) is 0.819. The lowest BCUT2D eigenvalue weighted by atomic mass is 10.0. The van der Waals surface area contributed by atoms with Crippen LogP contribution in [0.25, 0.3) is 0 Å². The molecule has 1 atom stereocenters. The molecule has 2 heterocycles. The molecule has 7 heteroatoms. The van der Waals surface area contributed by atoms with Crippen LogP contribution in [-0.4, -0.2) is 5.97 Å². The number of azo groups is 1. The molecule has 1 saturated heterocycles. The van der Waals surface area contributed by atoms with E-state index >= 15 is 0 Å². The maximum atomic E-state index is 12.2. The van der Waals surface area contributed by atoms with Gasteiger partial charge in [0, 0.05) is 11.4 Å². The van der Waals surface area contributed by atoms with E-state index in [4.69, 9.17) is 16.4 Å². The molecular weight excluding hydrogens is 340 g/mol. The van der Waals surface area contributed by atoms with Crippen LogP contribution in [0.5, 0.6) is 0 Å². The number of benzene rings is 2. The number of nitrogens with one attached hydrogen (secondary N) is 1. The summed E-state index contributed by atoms with van der Waals surface area (Å²) in [5.41, 5.74) is 6.54. The van der Waals surface area contributed by atoms with Gasteiger partial charge in [0.25, 0.3) is 0 Å². The Morgan fingerprint density at radius 3 is 2.60 bits per heavy atom. The van der Waals surface area contributed by atoms with Crippen molar-refractivity contribution in [3.8, 4) is 0 Å². The van der Waals surface area contributed by atoms with E-state index in [0.717, 1.165) is 11.3 Å². The number of rotatable bonds is 2. The molecule has 0 amide bonds. The first-order valence-electron chi connectivity index (χ1n) is 7.85. The summed E-state index contributed by atoms with van der Waals surface area (Å²) >= 11 is 5.93. The van der Waals surface area contributed by atoms with Crippen molar-refractivity contribution in [3.63, 3.8) is 0 Å². The second-order valence-corrected chi connectivity index (χ2v) is 6.37. The zero-order valence-corrected chi connectivity index (χ0v) is 14.2. The second kappa shape index (κ2) is 6.31.